The molecule has 1 unspecified atom stereocenters. The number of carbonyl (C=O) groups excluding carboxylic acids is 1. The van der Waals surface area contributed by atoms with Crippen molar-refractivity contribution in [3.63, 3.8) is 0 Å². The number of primary amides is 1. The Bertz CT molecular complexity index is 111. The highest BCUT2D eigenvalue weighted by molar-refractivity contribution is 5.85. The van der Waals surface area contributed by atoms with E-state index in [2.05, 4.69) is 5.32 Å². The van der Waals surface area contributed by atoms with Gasteiger partial charge in [-0.1, -0.05) is 0 Å². The monoisotopic (exact) mass is 182 g/mol. The van der Waals surface area contributed by atoms with Crippen LogP contribution in [0, 0.1) is 0 Å². The Hall–Kier alpha value is -0.320. The van der Waals surface area contributed by atoms with E-state index in [1.54, 1.807) is 14.0 Å². The smallest absolute Gasteiger partial charge is 0.234 e. The first kappa shape index (κ1) is 13.3. The van der Waals surface area contributed by atoms with Crippen LogP contribution < -0.4 is 11.1 Å². The van der Waals surface area contributed by atoms with Crippen LogP contribution in [-0.4, -0.2) is 32.2 Å². The maximum atomic E-state index is 10.4. The molecule has 1 atom stereocenters. The SMILES string of the molecule is COCCNC(C)C(N)=O.Cl. The van der Waals surface area contributed by atoms with Crippen LogP contribution >= 0.6 is 12.4 Å². The van der Waals surface area contributed by atoms with E-state index < -0.39 is 0 Å². The topological polar surface area (TPSA) is 64.3 Å². The Labute approximate surface area is 72.9 Å². The van der Waals surface area contributed by atoms with Crippen molar-refractivity contribution in [3.8, 4) is 0 Å². The van der Waals surface area contributed by atoms with Crippen LogP contribution in [0.15, 0.2) is 0 Å². The van der Waals surface area contributed by atoms with Gasteiger partial charge in [0, 0.05) is 13.7 Å². The number of hydrogen-bond acceptors (Lipinski definition) is 3. The molecule has 0 aromatic carbocycles. The molecule has 0 bridgehead atoms. The predicted octanol–water partition coefficient (Wildman–Crippen LogP) is -0.482. The molecule has 0 aliphatic rings. The summed E-state index contributed by atoms with van der Waals surface area (Å²) in [4.78, 5) is 10.4. The van der Waals surface area contributed by atoms with Crippen LogP contribution in [0.4, 0.5) is 0 Å². The van der Waals surface area contributed by atoms with Gasteiger partial charge in [-0.3, -0.25) is 4.79 Å². The second-order valence-corrected chi connectivity index (χ2v) is 2.07. The maximum absolute atomic E-state index is 10.4. The van der Waals surface area contributed by atoms with Crippen LogP contribution in [-0.2, 0) is 9.53 Å². The summed E-state index contributed by atoms with van der Waals surface area (Å²) in [5.41, 5.74) is 4.98. The van der Waals surface area contributed by atoms with Crippen molar-refractivity contribution < 1.29 is 9.53 Å². The molecule has 0 aromatic rings. The standard InChI is InChI=1S/C6H14N2O2.ClH/c1-5(6(7)9)8-3-4-10-2;/h5,8H,3-4H2,1-2H3,(H2,7,9);1H. The Morgan fingerprint density at radius 2 is 2.27 bits per heavy atom. The van der Waals surface area contributed by atoms with Gasteiger partial charge in [0.05, 0.1) is 12.6 Å². The minimum Gasteiger partial charge on any atom is -0.383 e. The van der Waals surface area contributed by atoms with Crippen LogP contribution in [0.2, 0.25) is 0 Å². The molecule has 5 heteroatoms. The number of rotatable bonds is 5. The third-order valence-corrected chi connectivity index (χ3v) is 1.18. The van der Waals surface area contributed by atoms with Crippen LogP contribution in [0.5, 0.6) is 0 Å². The first-order valence-electron chi connectivity index (χ1n) is 3.20. The fraction of sp³-hybridized carbons (Fsp3) is 0.833. The van der Waals surface area contributed by atoms with E-state index in [1.165, 1.54) is 0 Å². The molecule has 0 radical (unpaired) electrons. The lowest BCUT2D eigenvalue weighted by Gasteiger charge is -2.08. The van der Waals surface area contributed by atoms with E-state index in [4.69, 9.17) is 10.5 Å². The minimum atomic E-state index is -0.337. The molecule has 0 aliphatic carbocycles. The molecule has 0 aromatic heterocycles. The number of halogens is 1. The van der Waals surface area contributed by atoms with E-state index >= 15 is 0 Å². The molecule has 0 rings (SSSR count). The molecular formula is C6H15ClN2O2. The third-order valence-electron chi connectivity index (χ3n) is 1.18. The molecule has 4 nitrogen and oxygen atoms in total. The zero-order chi connectivity index (χ0) is 7.98. The van der Waals surface area contributed by atoms with Crippen molar-refractivity contribution >= 4 is 18.3 Å². The molecule has 0 fully saturated rings. The maximum Gasteiger partial charge on any atom is 0.234 e. The summed E-state index contributed by atoms with van der Waals surface area (Å²) in [6.45, 7) is 2.97. The van der Waals surface area contributed by atoms with Crippen molar-refractivity contribution in [1.82, 2.24) is 5.32 Å². The molecule has 11 heavy (non-hydrogen) atoms. The molecular weight excluding hydrogens is 168 g/mol. The molecule has 1 amide bonds. The lowest BCUT2D eigenvalue weighted by molar-refractivity contribution is -0.119. The second kappa shape index (κ2) is 7.78. The Kier molecular flexibility index (Phi) is 9.40. The zero-order valence-electron chi connectivity index (χ0n) is 6.79. The molecule has 0 aliphatic heterocycles. The normalized spacial score (nSPS) is 11.8. The third kappa shape index (κ3) is 7.58. The summed E-state index contributed by atoms with van der Waals surface area (Å²) in [6, 6.07) is -0.268. The fourth-order valence-electron chi connectivity index (χ4n) is 0.478. The summed E-state index contributed by atoms with van der Waals surface area (Å²) in [5, 5.41) is 2.88. The van der Waals surface area contributed by atoms with Gasteiger partial charge < -0.3 is 15.8 Å². The molecule has 0 saturated heterocycles. The zero-order valence-corrected chi connectivity index (χ0v) is 7.61. The molecule has 0 spiro atoms. The second-order valence-electron chi connectivity index (χ2n) is 2.07. The minimum absolute atomic E-state index is 0. The lowest BCUT2D eigenvalue weighted by Crippen LogP contribution is -2.40. The number of amides is 1. The molecule has 0 heterocycles. The van der Waals surface area contributed by atoms with Crippen molar-refractivity contribution in [1.29, 1.82) is 0 Å². The fourth-order valence-corrected chi connectivity index (χ4v) is 0.478. The van der Waals surface area contributed by atoms with E-state index in [9.17, 15) is 4.79 Å². The van der Waals surface area contributed by atoms with Gasteiger partial charge in [0.15, 0.2) is 0 Å². The van der Waals surface area contributed by atoms with E-state index in [0.717, 1.165) is 0 Å². The van der Waals surface area contributed by atoms with Crippen LogP contribution in [0.25, 0.3) is 0 Å². The van der Waals surface area contributed by atoms with Gasteiger partial charge >= 0.3 is 0 Å². The Morgan fingerprint density at radius 3 is 2.64 bits per heavy atom. The molecule has 0 saturated carbocycles. The van der Waals surface area contributed by atoms with Gasteiger partial charge in [-0.05, 0) is 6.92 Å². The number of nitrogens with one attached hydrogen (secondary N) is 1. The Balaban J connectivity index is 0. The van der Waals surface area contributed by atoms with E-state index in [1.807, 2.05) is 0 Å². The largest absolute Gasteiger partial charge is 0.383 e. The summed E-state index contributed by atoms with van der Waals surface area (Å²) in [6.07, 6.45) is 0. The number of ether oxygens (including phenoxy) is 1. The summed E-state index contributed by atoms with van der Waals surface area (Å²) in [5.74, 6) is -0.337. The van der Waals surface area contributed by atoms with Gasteiger partial charge in [-0.15, -0.1) is 12.4 Å². The quantitative estimate of drug-likeness (QED) is 0.565. The van der Waals surface area contributed by atoms with Crippen molar-refractivity contribution in [2.45, 2.75) is 13.0 Å². The number of carbonyl (C=O) groups is 1. The number of methoxy groups -OCH3 is 1. The first-order chi connectivity index (χ1) is 4.68. The van der Waals surface area contributed by atoms with Crippen molar-refractivity contribution in [3.05, 3.63) is 0 Å². The highest BCUT2D eigenvalue weighted by atomic mass is 35.5. The van der Waals surface area contributed by atoms with Gasteiger partial charge in [0.1, 0.15) is 0 Å². The number of hydrogen-bond donors (Lipinski definition) is 2. The van der Waals surface area contributed by atoms with E-state index in [-0.39, 0.29) is 24.4 Å². The highest BCUT2D eigenvalue weighted by Gasteiger charge is 2.05. The van der Waals surface area contributed by atoms with Gasteiger partial charge in [0.2, 0.25) is 5.91 Å². The van der Waals surface area contributed by atoms with Gasteiger partial charge in [-0.25, -0.2) is 0 Å². The van der Waals surface area contributed by atoms with Crippen molar-refractivity contribution in [2.75, 3.05) is 20.3 Å². The Morgan fingerprint density at radius 1 is 1.73 bits per heavy atom. The predicted molar refractivity (Wildman–Crippen MR) is 45.8 cm³/mol. The lowest BCUT2D eigenvalue weighted by atomic mass is 10.3. The van der Waals surface area contributed by atoms with Crippen LogP contribution in [0.3, 0.4) is 0 Å². The summed E-state index contributed by atoms with van der Waals surface area (Å²) >= 11 is 0. The van der Waals surface area contributed by atoms with Gasteiger partial charge in [-0.2, -0.15) is 0 Å². The van der Waals surface area contributed by atoms with E-state index in [0.29, 0.717) is 13.2 Å². The average Bonchev–Trinajstić information content (AvgIpc) is 1.88. The van der Waals surface area contributed by atoms with Crippen LogP contribution in [0.1, 0.15) is 6.92 Å². The summed E-state index contributed by atoms with van der Waals surface area (Å²) in [7, 11) is 1.61. The molecule has 68 valence electrons. The first-order valence-corrected chi connectivity index (χ1v) is 3.20. The van der Waals surface area contributed by atoms with Crippen molar-refractivity contribution in [2.24, 2.45) is 5.73 Å². The number of nitrogens with two attached hydrogens (primary N) is 1. The highest BCUT2D eigenvalue weighted by Crippen LogP contribution is 1.76. The summed E-state index contributed by atoms with van der Waals surface area (Å²) < 4.78 is 4.76. The average molecular weight is 183 g/mol. The molecule has 3 N–H and O–H groups in total. The van der Waals surface area contributed by atoms with Gasteiger partial charge in [0.25, 0.3) is 0 Å².